The van der Waals surface area contributed by atoms with Gasteiger partial charge in [-0.05, 0) is 51.0 Å². The lowest BCUT2D eigenvalue weighted by Gasteiger charge is -2.25. The lowest BCUT2D eigenvalue weighted by atomic mass is 9.86. The zero-order valence-corrected chi connectivity index (χ0v) is 12.0. The first-order chi connectivity index (χ1) is 8.49. The van der Waals surface area contributed by atoms with Crippen molar-refractivity contribution in [1.29, 1.82) is 5.41 Å². The third kappa shape index (κ3) is 4.27. The number of unbranched alkanes of at least 4 members (excludes halogenated alkanes) is 1. The second kappa shape index (κ2) is 5.60. The molecule has 2 fully saturated rings. The van der Waals surface area contributed by atoms with Crippen LogP contribution >= 0.6 is 0 Å². The van der Waals surface area contributed by atoms with Crippen LogP contribution in [0.15, 0.2) is 0 Å². The Morgan fingerprint density at radius 2 is 1.89 bits per heavy atom. The number of nitrogens with two attached hydrogens (primary N) is 1. The molecular formula is C15H29N3. The van der Waals surface area contributed by atoms with Gasteiger partial charge in [-0.15, -0.1) is 0 Å². The summed E-state index contributed by atoms with van der Waals surface area (Å²) in [6.07, 6.45) is 9.27. The van der Waals surface area contributed by atoms with Gasteiger partial charge in [0.25, 0.3) is 0 Å². The first-order valence-corrected chi connectivity index (χ1v) is 7.57. The molecule has 3 N–H and O–H groups in total. The SMILES string of the molecule is CC(C)(CCCCN(CC1CC1)C1CC1)C(=N)N. The van der Waals surface area contributed by atoms with E-state index in [1.807, 2.05) is 0 Å². The van der Waals surface area contributed by atoms with Gasteiger partial charge < -0.3 is 10.6 Å². The lowest BCUT2D eigenvalue weighted by molar-refractivity contribution is 0.243. The van der Waals surface area contributed by atoms with Crippen molar-refractivity contribution in [3.05, 3.63) is 0 Å². The molecule has 0 atom stereocenters. The molecular weight excluding hydrogens is 222 g/mol. The van der Waals surface area contributed by atoms with E-state index >= 15 is 0 Å². The molecule has 0 heterocycles. The van der Waals surface area contributed by atoms with Crippen LogP contribution in [0.4, 0.5) is 0 Å². The minimum Gasteiger partial charge on any atom is -0.387 e. The minimum absolute atomic E-state index is 0.110. The highest BCUT2D eigenvalue weighted by Gasteiger charge is 2.33. The van der Waals surface area contributed by atoms with Crippen molar-refractivity contribution in [3.63, 3.8) is 0 Å². The summed E-state index contributed by atoms with van der Waals surface area (Å²) in [5.41, 5.74) is 5.51. The van der Waals surface area contributed by atoms with Crippen LogP contribution in [0.1, 0.15) is 58.8 Å². The Labute approximate surface area is 112 Å². The van der Waals surface area contributed by atoms with Crippen molar-refractivity contribution >= 4 is 5.84 Å². The Bertz CT molecular complexity index is 290. The standard InChI is InChI=1S/C15H29N3/c1-15(2,14(16)17)9-3-4-10-18(13-7-8-13)11-12-5-6-12/h12-13H,3-11H2,1-2H3,(H3,16,17). The van der Waals surface area contributed by atoms with Crippen LogP contribution in [0.3, 0.4) is 0 Å². The molecule has 0 unspecified atom stereocenters. The van der Waals surface area contributed by atoms with Crippen LogP contribution in [-0.4, -0.2) is 29.9 Å². The fraction of sp³-hybridized carbons (Fsp3) is 0.933. The molecule has 0 amide bonds. The van der Waals surface area contributed by atoms with Crippen LogP contribution in [0, 0.1) is 16.7 Å². The summed E-state index contributed by atoms with van der Waals surface area (Å²) in [6.45, 7) is 6.77. The molecule has 0 saturated heterocycles. The predicted octanol–water partition coefficient (Wildman–Crippen LogP) is 2.99. The summed E-state index contributed by atoms with van der Waals surface area (Å²) >= 11 is 0. The Morgan fingerprint density at radius 3 is 2.39 bits per heavy atom. The molecule has 0 bridgehead atoms. The molecule has 2 rings (SSSR count). The van der Waals surface area contributed by atoms with Gasteiger partial charge in [0.15, 0.2) is 0 Å². The fourth-order valence-corrected chi connectivity index (χ4v) is 2.51. The Hall–Kier alpha value is -0.570. The minimum atomic E-state index is -0.110. The maximum atomic E-state index is 7.56. The first-order valence-electron chi connectivity index (χ1n) is 7.57. The summed E-state index contributed by atoms with van der Waals surface area (Å²) in [4.78, 5) is 2.72. The molecule has 18 heavy (non-hydrogen) atoms. The number of hydrogen-bond acceptors (Lipinski definition) is 2. The van der Waals surface area contributed by atoms with Gasteiger partial charge in [0.1, 0.15) is 0 Å². The quantitative estimate of drug-likeness (QED) is 0.376. The van der Waals surface area contributed by atoms with Crippen molar-refractivity contribution in [2.75, 3.05) is 13.1 Å². The molecule has 0 aromatic heterocycles. The van der Waals surface area contributed by atoms with E-state index in [-0.39, 0.29) is 5.41 Å². The summed E-state index contributed by atoms with van der Waals surface area (Å²) in [6, 6.07) is 0.909. The van der Waals surface area contributed by atoms with Gasteiger partial charge >= 0.3 is 0 Å². The molecule has 2 aliphatic carbocycles. The van der Waals surface area contributed by atoms with Crippen LogP contribution in [0.5, 0.6) is 0 Å². The predicted molar refractivity (Wildman–Crippen MR) is 76.9 cm³/mol. The van der Waals surface area contributed by atoms with Gasteiger partial charge in [-0.1, -0.05) is 20.3 Å². The van der Waals surface area contributed by atoms with Gasteiger partial charge in [0.05, 0.1) is 5.84 Å². The zero-order chi connectivity index (χ0) is 13.2. The van der Waals surface area contributed by atoms with Gasteiger partial charge in [-0.3, -0.25) is 5.41 Å². The molecule has 3 heteroatoms. The van der Waals surface area contributed by atoms with E-state index in [1.165, 1.54) is 51.6 Å². The molecule has 0 aromatic rings. The number of hydrogen-bond donors (Lipinski definition) is 2. The largest absolute Gasteiger partial charge is 0.387 e. The summed E-state index contributed by atoms with van der Waals surface area (Å²) in [5, 5.41) is 7.56. The second-order valence-electron chi connectivity index (χ2n) is 6.92. The van der Waals surface area contributed by atoms with Gasteiger partial charge in [-0.2, -0.15) is 0 Å². The van der Waals surface area contributed by atoms with Crippen molar-refractivity contribution in [3.8, 4) is 0 Å². The van der Waals surface area contributed by atoms with E-state index < -0.39 is 0 Å². The van der Waals surface area contributed by atoms with Crippen molar-refractivity contribution in [2.45, 2.75) is 64.8 Å². The third-order valence-corrected chi connectivity index (χ3v) is 4.48. The van der Waals surface area contributed by atoms with Crippen LogP contribution in [0.2, 0.25) is 0 Å². The van der Waals surface area contributed by atoms with Crippen LogP contribution < -0.4 is 5.73 Å². The van der Waals surface area contributed by atoms with Crippen LogP contribution in [0.25, 0.3) is 0 Å². The highest BCUT2D eigenvalue weighted by atomic mass is 15.2. The van der Waals surface area contributed by atoms with Gasteiger partial charge in [-0.25, -0.2) is 0 Å². The average Bonchev–Trinajstić information content (AvgIpc) is 3.14. The second-order valence-corrected chi connectivity index (χ2v) is 6.92. The van der Waals surface area contributed by atoms with E-state index in [9.17, 15) is 0 Å². The summed E-state index contributed by atoms with van der Waals surface area (Å²) in [5.74, 6) is 1.35. The van der Waals surface area contributed by atoms with Gasteiger partial charge in [0.2, 0.25) is 0 Å². The summed E-state index contributed by atoms with van der Waals surface area (Å²) < 4.78 is 0. The monoisotopic (exact) mass is 251 g/mol. The molecule has 0 aliphatic heterocycles. The van der Waals surface area contributed by atoms with E-state index in [2.05, 4.69) is 18.7 Å². The topological polar surface area (TPSA) is 53.1 Å². The molecule has 0 spiro atoms. The van der Waals surface area contributed by atoms with Crippen molar-refractivity contribution < 1.29 is 0 Å². The Morgan fingerprint density at radius 1 is 1.22 bits per heavy atom. The van der Waals surface area contributed by atoms with Crippen LogP contribution in [-0.2, 0) is 0 Å². The number of amidine groups is 1. The maximum Gasteiger partial charge on any atom is 0.0963 e. The van der Waals surface area contributed by atoms with Crippen molar-refractivity contribution in [2.24, 2.45) is 17.1 Å². The fourth-order valence-electron chi connectivity index (χ4n) is 2.51. The molecule has 2 aliphatic rings. The molecule has 3 nitrogen and oxygen atoms in total. The van der Waals surface area contributed by atoms with E-state index in [0.717, 1.165) is 18.4 Å². The van der Waals surface area contributed by atoms with E-state index in [4.69, 9.17) is 11.1 Å². The van der Waals surface area contributed by atoms with E-state index in [0.29, 0.717) is 5.84 Å². The number of nitrogens with one attached hydrogen (secondary N) is 1. The zero-order valence-electron chi connectivity index (χ0n) is 12.0. The number of nitrogens with zero attached hydrogens (tertiary/aromatic N) is 1. The van der Waals surface area contributed by atoms with Gasteiger partial charge in [0, 0.05) is 18.0 Å². The average molecular weight is 251 g/mol. The lowest BCUT2D eigenvalue weighted by Crippen LogP contribution is -2.32. The van der Waals surface area contributed by atoms with E-state index in [1.54, 1.807) is 0 Å². The third-order valence-electron chi connectivity index (χ3n) is 4.48. The molecule has 2 saturated carbocycles. The maximum absolute atomic E-state index is 7.56. The smallest absolute Gasteiger partial charge is 0.0963 e. The molecule has 0 radical (unpaired) electrons. The number of rotatable bonds is 9. The highest BCUT2D eigenvalue weighted by molar-refractivity contribution is 5.82. The molecule has 0 aromatic carbocycles. The highest BCUT2D eigenvalue weighted by Crippen LogP contribution is 2.35. The normalized spacial score (nSPS) is 20.4. The first kappa shape index (κ1) is 13.9. The Kier molecular flexibility index (Phi) is 4.31. The molecule has 104 valence electrons. The Balaban J connectivity index is 1.62. The van der Waals surface area contributed by atoms with Crippen molar-refractivity contribution in [1.82, 2.24) is 4.90 Å². The summed E-state index contributed by atoms with van der Waals surface area (Å²) in [7, 11) is 0.